The van der Waals surface area contributed by atoms with Crippen LogP contribution in [0.5, 0.6) is 0 Å². The molecule has 3 N–H and O–H groups in total. The molecule has 0 unspecified atom stereocenters. The lowest BCUT2D eigenvalue weighted by Gasteiger charge is -2.24. The standard InChI is InChI=1S/C15H18N6O4/c1-20(2)8-18-14-9-3-4-11(21(9)19-7-17-14)15(6-16)13(24)12(23)10(5-22)25-15/h3-4,7-8,10,12-13,22-24H,5H2,1-2H3/t10-,12-,13-,15+/m1/s1/i5D2. The Bertz CT molecular complexity index is 921. The minimum absolute atomic E-state index is 0.0435. The summed E-state index contributed by atoms with van der Waals surface area (Å²) in [5.41, 5.74) is -1.70. The van der Waals surface area contributed by atoms with Crippen molar-refractivity contribution >= 4 is 17.7 Å². The molecule has 3 heterocycles. The Morgan fingerprint density at radius 1 is 1.56 bits per heavy atom. The Kier molecular flexibility index (Phi) is 3.76. The molecule has 2 aromatic rings. The Labute approximate surface area is 146 Å². The summed E-state index contributed by atoms with van der Waals surface area (Å²) in [6, 6.07) is 4.78. The van der Waals surface area contributed by atoms with Crippen LogP contribution >= 0.6 is 0 Å². The normalized spacial score (nSPS) is 31.1. The molecule has 0 radical (unpaired) electrons. The van der Waals surface area contributed by atoms with E-state index in [2.05, 4.69) is 15.1 Å². The van der Waals surface area contributed by atoms with Crippen LogP contribution in [0.4, 0.5) is 5.82 Å². The van der Waals surface area contributed by atoms with Crippen molar-refractivity contribution in [3.63, 3.8) is 0 Å². The first-order valence-corrected chi connectivity index (χ1v) is 7.33. The second-order valence-electron chi connectivity index (χ2n) is 5.76. The van der Waals surface area contributed by atoms with Gasteiger partial charge in [0.25, 0.3) is 0 Å². The third kappa shape index (κ3) is 2.63. The number of aliphatic hydroxyl groups is 3. The third-order valence-corrected chi connectivity index (χ3v) is 3.88. The van der Waals surface area contributed by atoms with E-state index in [-0.39, 0.29) is 5.69 Å². The number of aromatic nitrogens is 3. The summed E-state index contributed by atoms with van der Waals surface area (Å²) in [6.45, 7) is -2.97. The van der Waals surface area contributed by atoms with E-state index < -0.39 is 30.5 Å². The van der Waals surface area contributed by atoms with Crippen molar-refractivity contribution < 1.29 is 22.8 Å². The first-order chi connectivity index (χ1) is 12.6. The van der Waals surface area contributed by atoms with Gasteiger partial charge in [-0.25, -0.2) is 14.5 Å². The summed E-state index contributed by atoms with van der Waals surface area (Å²) < 4.78 is 21.4. The van der Waals surface area contributed by atoms with Crippen molar-refractivity contribution in [2.75, 3.05) is 20.7 Å². The van der Waals surface area contributed by atoms with Crippen molar-refractivity contribution in [3.8, 4) is 6.07 Å². The molecule has 0 saturated carbocycles. The number of nitriles is 1. The molecule has 1 aliphatic rings. The summed E-state index contributed by atoms with van der Waals surface area (Å²) in [5.74, 6) is 0.292. The number of nitrogens with zero attached hydrogens (tertiary/aromatic N) is 6. The summed E-state index contributed by atoms with van der Waals surface area (Å²) >= 11 is 0. The van der Waals surface area contributed by atoms with Crippen LogP contribution in [0.25, 0.3) is 5.52 Å². The first-order valence-electron chi connectivity index (χ1n) is 8.33. The fraction of sp³-hybridized carbons (Fsp3) is 0.467. The second kappa shape index (κ2) is 6.38. The quantitative estimate of drug-likeness (QED) is 0.461. The van der Waals surface area contributed by atoms with Crippen LogP contribution in [-0.2, 0) is 10.3 Å². The van der Waals surface area contributed by atoms with Gasteiger partial charge in [-0.2, -0.15) is 10.4 Å². The molecule has 3 rings (SSSR count). The van der Waals surface area contributed by atoms with Gasteiger partial charge in [0.2, 0.25) is 5.60 Å². The summed E-state index contributed by atoms with van der Waals surface area (Å²) in [6.07, 6.45) is -2.76. The van der Waals surface area contributed by atoms with Crippen LogP contribution < -0.4 is 0 Å². The lowest BCUT2D eigenvalue weighted by Crippen LogP contribution is -2.40. The molecule has 1 fully saturated rings. The molecule has 1 aliphatic heterocycles. The molecule has 10 nitrogen and oxygen atoms in total. The second-order valence-corrected chi connectivity index (χ2v) is 5.76. The van der Waals surface area contributed by atoms with Gasteiger partial charge in [-0.05, 0) is 12.1 Å². The van der Waals surface area contributed by atoms with Gasteiger partial charge in [-0.15, -0.1) is 0 Å². The minimum Gasteiger partial charge on any atom is -0.394 e. The maximum absolute atomic E-state index is 10.5. The summed E-state index contributed by atoms with van der Waals surface area (Å²) in [5, 5.41) is 43.9. The number of aliphatic hydroxyl groups excluding tert-OH is 2. The van der Waals surface area contributed by atoms with E-state index in [4.69, 9.17) is 7.48 Å². The first kappa shape index (κ1) is 14.7. The zero-order valence-corrected chi connectivity index (χ0v) is 13.5. The Balaban J connectivity index is 2.14. The average Bonchev–Trinajstić information content (AvgIpc) is 3.14. The van der Waals surface area contributed by atoms with E-state index in [9.17, 15) is 20.6 Å². The van der Waals surface area contributed by atoms with Crippen LogP contribution in [0, 0.1) is 11.3 Å². The van der Waals surface area contributed by atoms with Crippen LogP contribution in [-0.4, -0.2) is 80.1 Å². The average molecular weight is 348 g/mol. The van der Waals surface area contributed by atoms with Gasteiger partial charge in [0, 0.05) is 14.1 Å². The predicted octanol–water partition coefficient (Wildman–Crippen LogP) is -1.22. The number of fused-ring (bicyclic) bond motifs is 1. The lowest BCUT2D eigenvalue weighted by molar-refractivity contribution is -0.0643. The predicted molar refractivity (Wildman–Crippen MR) is 86.1 cm³/mol. The van der Waals surface area contributed by atoms with Crippen molar-refractivity contribution in [1.29, 1.82) is 5.26 Å². The fourth-order valence-electron chi connectivity index (χ4n) is 2.68. The smallest absolute Gasteiger partial charge is 0.225 e. The summed E-state index contributed by atoms with van der Waals surface area (Å²) in [7, 11) is 3.56. The Morgan fingerprint density at radius 2 is 2.32 bits per heavy atom. The maximum atomic E-state index is 10.5. The van der Waals surface area contributed by atoms with Gasteiger partial charge in [0.15, 0.2) is 5.82 Å². The Morgan fingerprint density at radius 3 is 2.92 bits per heavy atom. The molecule has 0 aliphatic carbocycles. The number of ether oxygens (including phenoxy) is 1. The topological polar surface area (TPSA) is 140 Å². The SMILES string of the molecule is [2H]C([2H])(O)[C@H]1O[C@@](C#N)(c2ccc3c(N=CN(C)C)ncnn23)[C@H](O)[C@@H]1O. The zero-order chi connectivity index (χ0) is 20.0. The minimum atomic E-state index is -2.97. The molecule has 132 valence electrons. The van der Waals surface area contributed by atoms with E-state index in [1.165, 1.54) is 23.2 Å². The number of hydrogen-bond acceptors (Lipinski definition) is 8. The molecule has 0 aromatic carbocycles. The van der Waals surface area contributed by atoms with Crippen molar-refractivity contribution in [1.82, 2.24) is 19.5 Å². The van der Waals surface area contributed by atoms with Gasteiger partial charge in [0.1, 0.15) is 36.2 Å². The maximum Gasteiger partial charge on any atom is 0.225 e. The Hall–Kier alpha value is -2.58. The highest BCUT2D eigenvalue weighted by atomic mass is 16.6. The van der Waals surface area contributed by atoms with Crippen LogP contribution in [0.1, 0.15) is 8.44 Å². The highest BCUT2D eigenvalue weighted by Crippen LogP contribution is 2.40. The molecule has 1 saturated heterocycles. The molecule has 0 amide bonds. The van der Waals surface area contributed by atoms with Gasteiger partial charge in [0.05, 0.1) is 21.3 Å². The largest absolute Gasteiger partial charge is 0.394 e. The monoisotopic (exact) mass is 348 g/mol. The molecular formula is C15H18N6O4. The fourth-order valence-corrected chi connectivity index (χ4v) is 2.68. The number of hydrogen-bond donors (Lipinski definition) is 3. The van der Waals surface area contributed by atoms with E-state index in [0.29, 0.717) is 11.3 Å². The van der Waals surface area contributed by atoms with Gasteiger partial charge in [-0.3, -0.25) is 0 Å². The van der Waals surface area contributed by atoms with Gasteiger partial charge in [-0.1, -0.05) is 0 Å². The zero-order valence-electron chi connectivity index (χ0n) is 15.5. The number of aliphatic imine (C=N–C) groups is 1. The van der Waals surface area contributed by atoms with Crippen LogP contribution in [0.2, 0.25) is 0 Å². The highest BCUT2D eigenvalue weighted by molar-refractivity contribution is 5.71. The molecule has 10 heteroatoms. The summed E-state index contributed by atoms with van der Waals surface area (Å²) in [4.78, 5) is 9.97. The van der Waals surface area contributed by atoms with Crippen LogP contribution in [0.15, 0.2) is 23.5 Å². The van der Waals surface area contributed by atoms with E-state index in [0.717, 1.165) is 0 Å². The molecular weight excluding hydrogens is 328 g/mol. The van der Waals surface area contributed by atoms with E-state index in [1.54, 1.807) is 31.1 Å². The van der Waals surface area contributed by atoms with E-state index in [1.807, 2.05) is 0 Å². The van der Waals surface area contributed by atoms with Gasteiger partial charge < -0.3 is 25.0 Å². The molecule has 2 aromatic heterocycles. The third-order valence-electron chi connectivity index (χ3n) is 3.88. The van der Waals surface area contributed by atoms with Crippen LogP contribution in [0.3, 0.4) is 0 Å². The van der Waals surface area contributed by atoms with Crippen molar-refractivity contribution in [2.24, 2.45) is 4.99 Å². The molecule has 0 bridgehead atoms. The molecule has 0 spiro atoms. The lowest BCUT2D eigenvalue weighted by atomic mass is 9.92. The van der Waals surface area contributed by atoms with Crippen molar-refractivity contribution in [2.45, 2.75) is 23.9 Å². The highest BCUT2D eigenvalue weighted by Gasteiger charge is 2.57. The number of rotatable bonds is 4. The van der Waals surface area contributed by atoms with Crippen molar-refractivity contribution in [3.05, 3.63) is 24.2 Å². The molecule has 4 atom stereocenters. The van der Waals surface area contributed by atoms with Gasteiger partial charge >= 0.3 is 0 Å². The van der Waals surface area contributed by atoms with E-state index >= 15 is 0 Å². The molecule has 25 heavy (non-hydrogen) atoms.